The minimum Gasteiger partial charge on any atom is -0.512 e. The number of hydrogen-bond acceptors (Lipinski definition) is 4. The van der Waals surface area contributed by atoms with E-state index in [2.05, 4.69) is 107 Å². The third-order valence-electron chi connectivity index (χ3n) is 11.5. The Balaban J connectivity index is 0.000000299. The van der Waals surface area contributed by atoms with E-state index in [9.17, 15) is 9.90 Å². The first-order valence-electron chi connectivity index (χ1n) is 19.2. The Kier molecular flexibility index (Phi) is 13.2. The van der Waals surface area contributed by atoms with Crippen molar-refractivity contribution in [1.82, 2.24) is 4.98 Å². The topological polar surface area (TPSA) is 59.4 Å². The van der Waals surface area contributed by atoms with Crippen molar-refractivity contribution < 1.29 is 34.7 Å². The molecule has 1 radical (unpaired) electrons. The van der Waals surface area contributed by atoms with Crippen LogP contribution in [0.25, 0.3) is 43.9 Å². The second-order valence-electron chi connectivity index (χ2n) is 16.6. The molecule has 0 unspecified atom stereocenters. The molecule has 1 aromatic heterocycles. The number of rotatable bonds is 10. The molecule has 4 nitrogen and oxygen atoms in total. The number of ketones is 1. The van der Waals surface area contributed by atoms with Gasteiger partial charge in [-0.25, -0.2) is 0 Å². The number of allylic oxidation sites excluding steroid dienone is 2. The molecule has 0 aliphatic carbocycles. The van der Waals surface area contributed by atoms with Crippen LogP contribution in [0.5, 0.6) is 11.5 Å². The summed E-state index contributed by atoms with van der Waals surface area (Å²) < 4.78 is 6.79. The number of carbonyl (C=O) groups excluding carboxylic acids is 1. The standard InChI is InChI=1S/C33H30NO.C15H28O2.Ir/c1-20(2)21-10-12-22(13-11-21)25-16-24-14-15-34-31-27-17-23-8-6-7-9-26(23)28(19-33(3,4)5)32(27)35-29(18-25)30(24)31;1-7-14(5,8-2)12(16)11-13(17)15(6,9-3)10-4;/h6-16,18,20H,19H2,1-5H3;11,16H,7-10H2,1-6H3;/q-1;;/b;12-11-;. The van der Waals surface area contributed by atoms with Gasteiger partial charge in [0.15, 0.2) is 5.78 Å². The molecule has 53 heavy (non-hydrogen) atoms. The molecule has 0 bridgehead atoms. The van der Waals surface area contributed by atoms with E-state index >= 15 is 0 Å². The molecular formula is C48H58IrNO3-. The fraction of sp³-hybridized carbons (Fsp3) is 0.417. The van der Waals surface area contributed by atoms with Crippen LogP contribution in [0.2, 0.25) is 0 Å². The Morgan fingerprint density at radius 2 is 1.47 bits per heavy atom. The molecule has 0 saturated heterocycles. The fourth-order valence-corrected chi connectivity index (χ4v) is 6.87. The molecule has 2 heterocycles. The van der Waals surface area contributed by atoms with Crippen LogP contribution >= 0.6 is 0 Å². The van der Waals surface area contributed by atoms with Crippen LogP contribution in [-0.2, 0) is 31.3 Å². The van der Waals surface area contributed by atoms with Crippen molar-refractivity contribution in [2.24, 2.45) is 16.2 Å². The SMILES string of the molecule is CC(C)c1ccc(-c2cc3c4c(nccc4c2)-c2[c-]c4ccccc4c(CC(C)(C)C)c2O3)cc1.CCC(C)(CC)C(=O)/C=C(\O)C(C)(CC)CC.[Ir]. The number of pyridine rings is 1. The van der Waals surface area contributed by atoms with E-state index < -0.39 is 0 Å². The molecule has 5 heteroatoms. The van der Waals surface area contributed by atoms with Crippen molar-refractivity contribution in [2.75, 3.05) is 0 Å². The fourth-order valence-electron chi connectivity index (χ4n) is 6.87. The largest absolute Gasteiger partial charge is 0.512 e. The smallest absolute Gasteiger partial charge is 0.164 e. The summed E-state index contributed by atoms with van der Waals surface area (Å²) in [6.07, 6.45) is 7.57. The van der Waals surface area contributed by atoms with Gasteiger partial charge in [-0.15, -0.1) is 17.5 Å². The minimum atomic E-state index is -0.337. The minimum absolute atomic E-state index is 0. The Labute approximate surface area is 331 Å². The van der Waals surface area contributed by atoms with Gasteiger partial charge in [0.2, 0.25) is 0 Å². The number of carbonyl (C=O) groups is 1. The van der Waals surface area contributed by atoms with Gasteiger partial charge in [-0.2, -0.15) is 0 Å². The van der Waals surface area contributed by atoms with Crippen molar-refractivity contribution in [2.45, 2.75) is 114 Å². The summed E-state index contributed by atoms with van der Waals surface area (Å²) in [5.74, 6) is 2.58. The monoisotopic (exact) mass is 889 g/mol. The van der Waals surface area contributed by atoms with Crippen molar-refractivity contribution in [1.29, 1.82) is 0 Å². The first kappa shape index (κ1) is 42.0. The van der Waals surface area contributed by atoms with Gasteiger partial charge in [0.05, 0.1) is 5.75 Å². The first-order chi connectivity index (χ1) is 24.6. The molecule has 0 spiro atoms. The average Bonchev–Trinajstić information content (AvgIpc) is 3.14. The normalized spacial score (nSPS) is 12.9. The number of fused-ring (bicyclic) bond motifs is 3. The van der Waals surface area contributed by atoms with Crippen molar-refractivity contribution in [3.8, 4) is 33.9 Å². The van der Waals surface area contributed by atoms with Gasteiger partial charge in [-0.1, -0.05) is 135 Å². The van der Waals surface area contributed by atoms with E-state index in [0.29, 0.717) is 5.92 Å². The summed E-state index contributed by atoms with van der Waals surface area (Å²) in [6, 6.07) is 27.6. The number of aliphatic hydroxyl groups is 1. The quantitative estimate of drug-likeness (QED) is 0.0846. The first-order valence-corrected chi connectivity index (χ1v) is 19.2. The predicted octanol–water partition coefficient (Wildman–Crippen LogP) is 14.0. The van der Waals surface area contributed by atoms with Gasteiger partial charge in [-0.05, 0) is 83.7 Å². The van der Waals surface area contributed by atoms with E-state index in [1.165, 1.54) is 28.2 Å². The molecule has 4 aromatic carbocycles. The van der Waals surface area contributed by atoms with Gasteiger partial charge in [0.1, 0.15) is 11.5 Å². The number of hydrogen-bond donors (Lipinski definition) is 1. The van der Waals surface area contributed by atoms with Crippen LogP contribution in [0.3, 0.4) is 0 Å². The molecule has 0 saturated carbocycles. The zero-order chi connectivity index (χ0) is 38.0. The predicted molar refractivity (Wildman–Crippen MR) is 219 cm³/mol. The molecular weight excluding hydrogens is 831 g/mol. The molecule has 6 rings (SSSR count). The molecule has 5 aromatic rings. The van der Waals surface area contributed by atoms with Crippen LogP contribution in [0.1, 0.15) is 119 Å². The Bertz CT molecular complexity index is 2090. The maximum absolute atomic E-state index is 12.2. The van der Waals surface area contributed by atoms with Crippen molar-refractivity contribution >= 4 is 27.3 Å². The summed E-state index contributed by atoms with van der Waals surface area (Å²) in [6.45, 7) is 23.4. The van der Waals surface area contributed by atoms with Crippen LogP contribution in [0.15, 0.2) is 84.8 Å². The summed E-state index contributed by atoms with van der Waals surface area (Å²) in [5.41, 5.74) is 6.37. The van der Waals surface area contributed by atoms with Crippen LogP contribution in [0.4, 0.5) is 0 Å². The number of nitrogens with zero attached hydrogens (tertiary/aromatic N) is 1. The Morgan fingerprint density at radius 1 is 0.849 bits per heavy atom. The van der Waals surface area contributed by atoms with E-state index in [1.54, 1.807) is 0 Å². The maximum Gasteiger partial charge on any atom is 0.164 e. The van der Waals surface area contributed by atoms with E-state index in [4.69, 9.17) is 9.72 Å². The van der Waals surface area contributed by atoms with Gasteiger partial charge in [0, 0.05) is 54.3 Å². The molecule has 0 atom stereocenters. The Morgan fingerprint density at radius 3 is 2.06 bits per heavy atom. The Hall–Kier alpha value is -3.79. The second kappa shape index (κ2) is 16.7. The van der Waals surface area contributed by atoms with Gasteiger partial charge >= 0.3 is 0 Å². The number of benzene rings is 4. The van der Waals surface area contributed by atoms with E-state index in [-0.39, 0.29) is 47.9 Å². The molecule has 1 aliphatic rings. The number of ether oxygens (including phenoxy) is 1. The molecule has 1 aliphatic heterocycles. The van der Waals surface area contributed by atoms with Crippen molar-refractivity contribution in [3.05, 3.63) is 102 Å². The molecule has 0 amide bonds. The van der Waals surface area contributed by atoms with E-state index in [0.717, 1.165) is 76.6 Å². The molecule has 283 valence electrons. The third kappa shape index (κ3) is 8.79. The molecule has 0 fully saturated rings. The summed E-state index contributed by atoms with van der Waals surface area (Å²) in [7, 11) is 0. The van der Waals surface area contributed by atoms with Crippen LogP contribution in [0, 0.1) is 22.3 Å². The summed E-state index contributed by atoms with van der Waals surface area (Å²) in [5, 5.41) is 14.7. The van der Waals surface area contributed by atoms with Gasteiger partial charge in [0.25, 0.3) is 0 Å². The maximum atomic E-state index is 12.2. The number of aliphatic hydroxyl groups excluding tert-OH is 1. The summed E-state index contributed by atoms with van der Waals surface area (Å²) >= 11 is 0. The molecule has 1 N–H and O–H groups in total. The second-order valence-corrected chi connectivity index (χ2v) is 16.6. The third-order valence-corrected chi connectivity index (χ3v) is 11.5. The number of aromatic nitrogens is 1. The average molecular weight is 889 g/mol. The van der Waals surface area contributed by atoms with Gasteiger partial charge < -0.3 is 9.84 Å². The van der Waals surface area contributed by atoms with Gasteiger partial charge in [-0.3, -0.25) is 9.78 Å². The summed E-state index contributed by atoms with van der Waals surface area (Å²) in [4.78, 5) is 17.0. The zero-order valence-corrected chi connectivity index (χ0v) is 36.1. The van der Waals surface area contributed by atoms with E-state index in [1.807, 2.05) is 47.7 Å². The zero-order valence-electron chi connectivity index (χ0n) is 33.7. The van der Waals surface area contributed by atoms with Crippen LogP contribution in [-0.4, -0.2) is 15.9 Å². The van der Waals surface area contributed by atoms with Crippen molar-refractivity contribution in [3.63, 3.8) is 0 Å². The van der Waals surface area contributed by atoms with Crippen LogP contribution < -0.4 is 4.74 Å².